The zero-order chi connectivity index (χ0) is 31.4. The van der Waals surface area contributed by atoms with Gasteiger partial charge in [0, 0.05) is 57.0 Å². The number of amides is 2. The molecule has 0 bridgehead atoms. The lowest BCUT2D eigenvalue weighted by atomic mass is 9.98. The minimum absolute atomic E-state index is 0.00868. The number of hydrogen-bond donors (Lipinski definition) is 2. The van der Waals surface area contributed by atoms with Gasteiger partial charge < -0.3 is 20.0 Å². The second-order valence-electron chi connectivity index (χ2n) is 11.3. The standard InChI is InChI=1S/C32H35ClN6O4S/c1-21-6-8-23(9-7-21)31(41)38-18-16-37(17-19-38)29-26(33)4-3-5-27(29)34-32(44)35-30(40)25-20-24(39(42)43)10-11-28(25)36-14-12-22(2)13-15-36/h3-11,20,22H,12-19H2,1-2H3,(H2,34,35,40,44). The van der Waals surface area contributed by atoms with E-state index >= 15 is 0 Å². The number of thiocarbonyl (C=S) groups is 1. The molecule has 2 amide bonds. The Labute approximate surface area is 267 Å². The summed E-state index contributed by atoms with van der Waals surface area (Å²) in [6, 6.07) is 17.3. The Kier molecular flexibility index (Phi) is 9.65. The first kappa shape index (κ1) is 31.2. The van der Waals surface area contributed by atoms with E-state index in [9.17, 15) is 19.7 Å². The fourth-order valence-electron chi connectivity index (χ4n) is 5.62. The number of nitrogens with zero attached hydrogens (tertiary/aromatic N) is 4. The summed E-state index contributed by atoms with van der Waals surface area (Å²) in [6.45, 7) is 7.85. The first-order chi connectivity index (χ1) is 21.1. The highest BCUT2D eigenvalue weighted by Crippen LogP contribution is 2.35. The minimum Gasteiger partial charge on any atom is -0.371 e. The van der Waals surface area contributed by atoms with E-state index < -0.39 is 10.8 Å². The van der Waals surface area contributed by atoms with Crippen LogP contribution in [0.2, 0.25) is 5.02 Å². The molecule has 230 valence electrons. The first-order valence-corrected chi connectivity index (χ1v) is 15.4. The van der Waals surface area contributed by atoms with Gasteiger partial charge in [0.15, 0.2) is 5.11 Å². The highest BCUT2D eigenvalue weighted by atomic mass is 35.5. The third-order valence-electron chi connectivity index (χ3n) is 8.20. The molecule has 44 heavy (non-hydrogen) atoms. The van der Waals surface area contributed by atoms with Crippen LogP contribution >= 0.6 is 23.8 Å². The third-order valence-corrected chi connectivity index (χ3v) is 8.71. The van der Waals surface area contributed by atoms with E-state index in [1.54, 1.807) is 18.2 Å². The topological polar surface area (TPSA) is 111 Å². The van der Waals surface area contributed by atoms with Gasteiger partial charge in [-0.1, -0.05) is 42.3 Å². The summed E-state index contributed by atoms with van der Waals surface area (Å²) in [5, 5.41) is 17.9. The van der Waals surface area contributed by atoms with E-state index in [1.165, 1.54) is 12.1 Å². The smallest absolute Gasteiger partial charge is 0.270 e. The van der Waals surface area contributed by atoms with E-state index in [1.807, 2.05) is 42.2 Å². The van der Waals surface area contributed by atoms with Gasteiger partial charge in [-0.3, -0.25) is 25.0 Å². The molecule has 2 N–H and O–H groups in total. The number of non-ortho nitro benzene ring substituents is 1. The summed E-state index contributed by atoms with van der Waals surface area (Å²) in [4.78, 5) is 43.5. The number of nitrogens with one attached hydrogen (secondary N) is 2. The van der Waals surface area contributed by atoms with E-state index in [0.29, 0.717) is 59.7 Å². The molecule has 2 heterocycles. The van der Waals surface area contributed by atoms with Gasteiger partial charge in [-0.05, 0) is 68.2 Å². The average Bonchev–Trinajstić information content (AvgIpc) is 3.01. The number of nitro groups is 1. The Morgan fingerprint density at radius 3 is 2.30 bits per heavy atom. The predicted molar refractivity (Wildman–Crippen MR) is 178 cm³/mol. The molecular formula is C32H35ClN6O4S. The number of para-hydroxylation sites is 1. The van der Waals surface area contributed by atoms with Crippen LogP contribution in [0.5, 0.6) is 0 Å². The zero-order valence-corrected chi connectivity index (χ0v) is 26.3. The Morgan fingerprint density at radius 1 is 0.955 bits per heavy atom. The van der Waals surface area contributed by atoms with Crippen molar-refractivity contribution in [3.05, 3.63) is 92.5 Å². The quantitative estimate of drug-likeness (QED) is 0.196. The fourth-order valence-corrected chi connectivity index (χ4v) is 6.11. The Balaban J connectivity index is 1.28. The van der Waals surface area contributed by atoms with Crippen LogP contribution in [0.1, 0.15) is 46.0 Å². The van der Waals surface area contributed by atoms with Crippen LogP contribution in [-0.2, 0) is 0 Å². The van der Waals surface area contributed by atoms with Crippen molar-refractivity contribution in [1.82, 2.24) is 10.2 Å². The third kappa shape index (κ3) is 7.11. The highest BCUT2D eigenvalue weighted by Gasteiger charge is 2.27. The van der Waals surface area contributed by atoms with Gasteiger partial charge in [0.1, 0.15) is 0 Å². The molecule has 0 unspecified atom stereocenters. The molecule has 3 aromatic carbocycles. The fraction of sp³-hybridized carbons (Fsp3) is 0.344. The van der Waals surface area contributed by atoms with Gasteiger partial charge in [-0.2, -0.15) is 0 Å². The SMILES string of the molecule is Cc1ccc(C(=O)N2CCN(c3c(Cl)cccc3NC(=S)NC(=O)c3cc([N+](=O)[O-])ccc3N3CCC(C)CC3)CC2)cc1. The van der Waals surface area contributed by atoms with Crippen LogP contribution < -0.4 is 20.4 Å². The second kappa shape index (κ2) is 13.6. The molecule has 0 saturated carbocycles. The molecule has 2 fully saturated rings. The van der Waals surface area contributed by atoms with E-state index in [-0.39, 0.29) is 22.3 Å². The second-order valence-corrected chi connectivity index (χ2v) is 12.1. The zero-order valence-electron chi connectivity index (χ0n) is 24.7. The number of rotatable bonds is 6. The van der Waals surface area contributed by atoms with Crippen LogP contribution in [0.4, 0.5) is 22.7 Å². The predicted octanol–water partition coefficient (Wildman–Crippen LogP) is 5.88. The maximum absolute atomic E-state index is 13.5. The molecule has 5 rings (SSSR count). The van der Waals surface area contributed by atoms with Crippen molar-refractivity contribution < 1.29 is 14.5 Å². The van der Waals surface area contributed by atoms with Crippen molar-refractivity contribution >= 4 is 63.5 Å². The maximum atomic E-state index is 13.5. The number of anilines is 3. The summed E-state index contributed by atoms with van der Waals surface area (Å²) in [5.74, 6) is 0.0409. The van der Waals surface area contributed by atoms with E-state index in [4.69, 9.17) is 23.8 Å². The summed E-state index contributed by atoms with van der Waals surface area (Å²) in [7, 11) is 0. The molecule has 10 nitrogen and oxygen atoms in total. The minimum atomic E-state index is -0.536. The van der Waals surface area contributed by atoms with Gasteiger partial charge in [0.2, 0.25) is 0 Å². The molecule has 2 aliphatic heterocycles. The van der Waals surface area contributed by atoms with Crippen molar-refractivity contribution in [2.24, 2.45) is 5.92 Å². The number of carbonyl (C=O) groups excluding carboxylic acids is 2. The van der Waals surface area contributed by atoms with Crippen LogP contribution in [-0.4, -0.2) is 66.0 Å². The van der Waals surface area contributed by atoms with E-state index in [0.717, 1.165) is 31.5 Å². The molecule has 2 saturated heterocycles. The normalized spacial score (nSPS) is 15.6. The Bertz CT molecular complexity index is 1570. The molecule has 2 aliphatic rings. The molecule has 0 aromatic heterocycles. The molecule has 0 aliphatic carbocycles. The lowest BCUT2D eigenvalue weighted by molar-refractivity contribution is -0.384. The van der Waals surface area contributed by atoms with Crippen molar-refractivity contribution in [3.8, 4) is 0 Å². The van der Waals surface area contributed by atoms with Crippen molar-refractivity contribution in [3.63, 3.8) is 0 Å². The summed E-state index contributed by atoms with van der Waals surface area (Å²) < 4.78 is 0. The van der Waals surface area contributed by atoms with Crippen LogP contribution in [0.15, 0.2) is 60.7 Å². The number of hydrogen-bond acceptors (Lipinski definition) is 7. The number of carbonyl (C=O) groups is 2. The highest BCUT2D eigenvalue weighted by molar-refractivity contribution is 7.80. The molecule has 0 spiro atoms. The average molecular weight is 635 g/mol. The summed E-state index contributed by atoms with van der Waals surface area (Å²) in [6.07, 6.45) is 1.95. The first-order valence-electron chi connectivity index (χ1n) is 14.7. The van der Waals surface area contributed by atoms with Gasteiger partial charge >= 0.3 is 0 Å². The van der Waals surface area contributed by atoms with Gasteiger partial charge in [-0.15, -0.1) is 0 Å². The van der Waals surface area contributed by atoms with E-state index in [2.05, 4.69) is 27.4 Å². The van der Waals surface area contributed by atoms with Crippen molar-refractivity contribution in [2.75, 3.05) is 54.4 Å². The lowest BCUT2D eigenvalue weighted by Crippen LogP contribution is -2.49. The Morgan fingerprint density at radius 2 is 1.64 bits per heavy atom. The van der Waals surface area contributed by atoms with Crippen LogP contribution in [0.3, 0.4) is 0 Å². The van der Waals surface area contributed by atoms with Crippen LogP contribution in [0.25, 0.3) is 0 Å². The number of nitro benzene ring substituents is 1. The number of halogens is 1. The Hall–Kier alpha value is -4.22. The largest absolute Gasteiger partial charge is 0.371 e. The van der Waals surface area contributed by atoms with Gasteiger partial charge in [-0.25, -0.2) is 0 Å². The summed E-state index contributed by atoms with van der Waals surface area (Å²) in [5.41, 5.74) is 3.74. The van der Waals surface area contributed by atoms with Gasteiger partial charge in [0.05, 0.1) is 32.6 Å². The number of piperazine rings is 1. The lowest BCUT2D eigenvalue weighted by Gasteiger charge is -2.37. The molecule has 0 radical (unpaired) electrons. The summed E-state index contributed by atoms with van der Waals surface area (Å²) >= 11 is 12.2. The molecule has 0 atom stereocenters. The van der Waals surface area contributed by atoms with Crippen molar-refractivity contribution in [2.45, 2.75) is 26.7 Å². The molecule has 12 heteroatoms. The molecular weight excluding hydrogens is 600 g/mol. The number of aryl methyl sites for hydroxylation is 1. The van der Waals surface area contributed by atoms with Gasteiger partial charge in [0.25, 0.3) is 17.5 Å². The number of piperidine rings is 1. The molecule has 3 aromatic rings. The monoisotopic (exact) mass is 634 g/mol. The maximum Gasteiger partial charge on any atom is 0.270 e. The number of benzene rings is 3. The van der Waals surface area contributed by atoms with Crippen LogP contribution in [0, 0.1) is 23.0 Å². The van der Waals surface area contributed by atoms with Crippen molar-refractivity contribution in [1.29, 1.82) is 0 Å².